The Morgan fingerprint density at radius 2 is 1.60 bits per heavy atom. The first-order chi connectivity index (χ1) is 2.27. The fourth-order valence-corrected chi connectivity index (χ4v) is 0. The Kier molecular flexibility index (Phi) is 3.61. The van der Waals surface area contributed by atoms with Gasteiger partial charge in [-0.2, -0.15) is 0 Å². The molecule has 31 valence electrons. The zero-order chi connectivity index (χ0) is 4.28. The number of alkyl halides is 1. The van der Waals surface area contributed by atoms with E-state index in [-0.39, 0.29) is 10.7 Å². The summed E-state index contributed by atoms with van der Waals surface area (Å²) in [5.74, 6) is 0.225. The molecule has 0 aliphatic heterocycles. The zero-order valence-electron chi connectivity index (χ0n) is 2.34. The Hall–Kier alpha value is 0.870. The number of hydrogen-bond donors (Lipinski definition) is 0. The highest BCUT2D eigenvalue weighted by molar-refractivity contribution is 6.55. The highest BCUT2D eigenvalue weighted by Gasteiger charge is 1.91. The normalized spacial score (nSPS) is 9.60. The molecule has 0 aromatic heterocycles. The summed E-state index contributed by atoms with van der Waals surface area (Å²) < 4.78 is 0. The molecule has 0 heterocycles. The number of rotatable bonds is 1. The van der Waals surface area contributed by atoms with Crippen molar-refractivity contribution >= 4 is 34.8 Å². The van der Waals surface area contributed by atoms with E-state index in [0.29, 0.717) is 0 Å². The summed E-state index contributed by atoms with van der Waals surface area (Å²) in [6.45, 7) is 0. The molecule has 0 rings (SSSR count). The predicted octanol–water partition coefficient (Wildman–Crippen LogP) is 2.19. The fraction of sp³-hybridized carbons (Fsp3) is 0.500. The monoisotopic (exact) mass is 131 g/mol. The van der Waals surface area contributed by atoms with Gasteiger partial charge >= 0.3 is 0 Å². The summed E-state index contributed by atoms with van der Waals surface area (Å²) in [7, 11) is 0. The van der Waals surface area contributed by atoms with Crippen LogP contribution in [0.2, 0.25) is 0 Å². The highest BCUT2D eigenvalue weighted by Crippen LogP contribution is 2.11. The molecule has 0 atom stereocenters. The minimum atomic E-state index is 0.215. The molecule has 0 fully saturated rings. The van der Waals surface area contributed by atoms with Crippen LogP contribution in [0.25, 0.3) is 0 Å². The third-order valence-corrected chi connectivity index (χ3v) is 0.909. The lowest BCUT2D eigenvalue weighted by atomic mass is 10.9. The molecule has 0 aromatic rings. The van der Waals surface area contributed by atoms with E-state index >= 15 is 0 Å². The fourth-order valence-electron chi connectivity index (χ4n) is 0. The van der Waals surface area contributed by atoms with Gasteiger partial charge in [-0.05, 0) is 0 Å². The van der Waals surface area contributed by atoms with Gasteiger partial charge in [0.25, 0.3) is 0 Å². The second-order valence-electron chi connectivity index (χ2n) is 0.472. The molecule has 0 spiro atoms. The molecule has 0 saturated carbocycles. The summed E-state index contributed by atoms with van der Waals surface area (Å²) in [5.41, 5.74) is 0. The molecule has 3 heteroatoms. The van der Waals surface area contributed by atoms with Gasteiger partial charge in [0.2, 0.25) is 0 Å². The van der Waals surface area contributed by atoms with Crippen molar-refractivity contribution in [3.05, 3.63) is 4.84 Å². The van der Waals surface area contributed by atoms with E-state index in [1.165, 1.54) is 0 Å². The minimum absolute atomic E-state index is 0.215. The van der Waals surface area contributed by atoms with Crippen LogP contribution in [-0.4, -0.2) is 5.88 Å². The maximum atomic E-state index is 5.04. The largest absolute Gasteiger partial charge is 0.165 e. The van der Waals surface area contributed by atoms with E-state index in [1.54, 1.807) is 0 Å². The van der Waals surface area contributed by atoms with Crippen molar-refractivity contribution in [1.82, 2.24) is 0 Å². The molecule has 0 aliphatic carbocycles. The van der Waals surface area contributed by atoms with Crippen LogP contribution in [-0.2, 0) is 0 Å². The topological polar surface area (TPSA) is 0 Å². The van der Waals surface area contributed by atoms with Gasteiger partial charge in [0, 0.05) is 0 Å². The molecule has 0 N–H and O–H groups in total. The molecule has 0 nitrogen and oxygen atoms in total. The van der Waals surface area contributed by atoms with Crippen molar-refractivity contribution in [3.63, 3.8) is 0 Å². The van der Waals surface area contributed by atoms with Crippen LogP contribution in [0.5, 0.6) is 0 Å². The average molecular weight is 132 g/mol. The molecule has 0 unspecified atom stereocenters. The van der Waals surface area contributed by atoms with Gasteiger partial charge in [-0.3, -0.25) is 0 Å². The first kappa shape index (κ1) is 5.87. The Morgan fingerprint density at radius 3 is 1.60 bits per heavy atom. The van der Waals surface area contributed by atoms with E-state index in [1.807, 2.05) is 0 Å². The molecule has 0 saturated heterocycles. The molecule has 5 heavy (non-hydrogen) atoms. The first-order valence-corrected chi connectivity index (χ1v) is 2.29. The van der Waals surface area contributed by atoms with Crippen molar-refractivity contribution in [2.24, 2.45) is 0 Å². The standard InChI is InChI=1S/C2H2Cl3/c3-1-2(4)5/h1H2. The molecule has 0 aliphatic rings. The maximum Gasteiger partial charge on any atom is 0.165 e. The second kappa shape index (κ2) is 3.08. The van der Waals surface area contributed by atoms with Crippen molar-refractivity contribution in [1.29, 1.82) is 0 Å². The van der Waals surface area contributed by atoms with E-state index < -0.39 is 0 Å². The van der Waals surface area contributed by atoms with Crippen LogP contribution < -0.4 is 0 Å². The highest BCUT2D eigenvalue weighted by atomic mass is 35.5. The van der Waals surface area contributed by atoms with Crippen molar-refractivity contribution in [2.75, 3.05) is 5.88 Å². The van der Waals surface area contributed by atoms with Gasteiger partial charge in [0.1, 0.15) is 0 Å². The van der Waals surface area contributed by atoms with Crippen LogP contribution in [0.15, 0.2) is 0 Å². The van der Waals surface area contributed by atoms with Gasteiger partial charge in [-0.25, -0.2) is 0 Å². The molecule has 0 aromatic carbocycles. The summed E-state index contributed by atoms with van der Waals surface area (Å²) in [6, 6.07) is 0. The van der Waals surface area contributed by atoms with Crippen LogP contribution in [0.4, 0.5) is 0 Å². The molecular formula is C2H2Cl3. The van der Waals surface area contributed by atoms with E-state index in [2.05, 4.69) is 0 Å². The quantitative estimate of drug-likeness (QED) is 0.480. The Morgan fingerprint density at radius 1 is 1.40 bits per heavy atom. The summed E-state index contributed by atoms with van der Waals surface area (Å²) in [5, 5.41) is 0. The van der Waals surface area contributed by atoms with Gasteiger partial charge < -0.3 is 0 Å². The van der Waals surface area contributed by atoms with Crippen molar-refractivity contribution < 1.29 is 0 Å². The van der Waals surface area contributed by atoms with E-state index in [4.69, 9.17) is 34.8 Å². The maximum absolute atomic E-state index is 5.04. The van der Waals surface area contributed by atoms with Crippen molar-refractivity contribution in [3.8, 4) is 0 Å². The van der Waals surface area contributed by atoms with Gasteiger partial charge in [0.05, 0.1) is 5.88 Å². The second-order valence-corrected chi connectivity index (χ2v) is 1.85. The molecule has 0 bridgehead atoms. The predicted molar refractivity (Wildman–Crippen MR) is 25.7 cm³/mol. The smallest absolute Gasteiger partial charge is 0.123 e. The average Bonchev–Trinajstić information content (AvgIpc) is 1.38. The Balaban J connectivity index is 2.54. The van der Waals surface area contributed by atoms with Gasteiger partial charge in [-0.1, -0.05) is 23.2 Å². The van der Waals surface area contributed by atoms with E-state index in [0.717, 1.165) is 0 Å². The molecule has 1 radical (unpaired) electrons. The number of halogens is 3. The van der Waals surface area contributed by atoms with E-state index in [9.17, 15) is 0 Å². The van der Waals surface area contributed by atoms with Crippen molar-refractivity contribution in [2.45, 2.75) is 0 Å². The zero-order valence-corrected chi connectivity index (χ0v) is 4.61. The first-order valence-electron chi connectivity index (χ1n) is 0.999. The number of hydrogen-bond acceptors (Lipinski definition) is 0. The lowest BCUT2D eigenvalue weighted by Gasteiger charge is -1.80. The summed E-state index contributed by atoms with van der Waals surface area (Å²) in [4.78, 5) is 0.215. The Labute approximate surface area is 46.0 Å². The lowest BCUT2D eigenvalue weighted by molar-refractivity contribution is 1.64. The summed E-state index contributed by atoms with van der Waals surface area (Å²) in [6.07, 6.45) is 0. The van der Waals surface area contributed by atoms with Crippen LogP contribution in [0.3, 0.4) is 0 Å². The third-order valence-electron chi connectivity index (χ3n) is 0.101. The minimum Gasteiger partial charge on any atom is -0.123 e. The lowest BCUT2D eigenvalue weighted by Crippen LogP contribution is -1.69. The molecular weight excluding hydrogens is 130 g/mol. The van der Waals surface area contributed by atoms with Crippen LogP contribution in [0.1, 0.15) is 0 Å². The summed E-state index contributed by atoms with van der Waals surface area (Å²) >= 11 is 15.1. The third kappa shape index (κ3) is 4.87. The SMILES string of the molecule is ClC[C](Cl)Cl. The van der Waals surface area contributed by atoms with Gasteiger partial charge in [0.15, 0.2) is 4.84 Å². The van der Waals surface area contributed by atoms with Crippen LogP contribution >= 0.6 is 34.8 Å². The Bertz CT molecular complexity index is 18.9. The van der Waals surface area contributed by atoms with Gasteiger partial charge in [-0.15, -0.1) is 11.6 Å². The van der Waals surface area contributed by atoms with Crippen LogP contribution in [0, 0.1) is 4.84 Å². The molecule has 0 amide bonds.